The van der Waals surface area contributed by atoms with Crippen LogP contribution in [0.15, 0.2) is 17.0 Å². The fourth-order valence-corrected chi connectivity index (χ4v) is 2.96. The Hall–Kier alpha value is -1.19. The number of benzene rings is 1. The Kier molecular flexibility index (Phi) is 4.07. The lowest BCUT2D eigenvalue weighted by molar-refractivity contribution is 0.150. The summed E-state index contributed by atoms with van der Waals surface area (Å²) in [5.41, 5.74) is -0.945. The number of rotatable bonds is 3. The second-order valence-electron chi connectivity index (χ2n) is 3.22. The molecule has 1 aromatic carbocycles. The van der Waals surface area contributed by atoms with Crippen LogP contribution in [-0.4, -0.2) is 8.42 Å². The third-order valence-electron chi connectivity index (χ3n) is 2.24. The van der Waals surface area contributed by atoms with Crippen molar-refractivity contribution in [2.24, 2.45) is 0 Å². The molecule has 0 amide bonds. The van der Waals surface area contributed by atoms with E-state index >= 15 is 0 Å². The minimum Gasteiger partial charge on any atom is -0.207 e. The van der Waals surface area contributed by atoms with E-state index in [4.69, 9.17) is 15.9 Å². The molecule has 92 valence electrons. The molecule has 0 radical (unpaired) electrons. The Morgan fingerprint density at radius 3 is 2.41 bits per heavy atom. The number of alkyl halides is 2. The lowest BCUT2D eigenvalue weighted by atomic mass is 10.0. The highest BCUT2D eigenvalue weighted by Gasteiger charge is 2.25. The van der Waals surface area contributed by atoms with E-state index in [0.29, 0.717) is 0 Å². The molecule has 1 aromatic rings. The fourth-order valence-electron chi connectivity index (χ4n) is 1.50. The number of hydrogen-bond acceptors (Lipinski definition) is 3. The molecule has 3 nitrogen and oxygen atoms in total. The molecule has 0 aromatic heterocycles. The average molecular weight is 280 g/mol. The van der Waals surface area contributed by atoms with Crippen molar-refractivity contribution in [1.82, 2.24) is 0 Å². The molecule has 0 atom stereocenters. The summed E-state index contributed by atoms with van der Waals surface area (Å²) in [6, 6.07) is 3.78. The van der Waals surface area contributed by atoms with Crippen molar-refractivity contribution < 1.29 is 17.2 Å². The summed E-state index contributed by atoms with van der Waals surface area (Å²) in [6.07, 6.45) is -2.65. The fraction of sp³-hybridized carbons (Fsp3) is 0.300. The molecule has 0 bridgehead atoms. The molecule has 0 heterocycles. The molecule has 0 aliphatic carbocycles. The average Bonchev–Trinajstić information content (AvgIpc) is 2.25. The number of aryl methyl sites for hydroxylation is 1. The van der Waals surface area contributed by atoms with E-state index in [9.17, 15) is 17.2 Å². The Balaban J connectivity index is 3.75. The first-order chi connectivity index (χ1) is 7.82. The molecule has 0 unspecified atom stereocenters. The Morgan fingerprint density at radius 1 is 1.47 bits per heavy atom. The van der Waals surface area contributed by atoms with E-state index in [1.807, 2.05) is 0 Å². The van der Waals surface area contributed by atoms with Crippen LogP contribution in [0.4, 0.5) is 8.78 Å². The van der Waals surface area contributed by atoms with Gasteiger partial charge in [0.1, 0.15) is 11.0 Å². The van der Waals surface area contributed by atoms with Crippen LogP contribution in [0, 0.1) is 11.3 Å². The highest BCUT2D eigenvalue weighted by Crippen LogP contribution is 2.32. The van der Waals surface area contributed by atoms with Crippen LogP contribution in [0.1, 0.15) is 30.0 Å². The van der Waals surface area contributed by atoms with Crippen LogP contribution in [0.2, 0.25) is 0 Å². The van der Waals surface area contributed by atoms with Gasteiger partial charge in [-0.15, -0.1) is 0 Å². The van der Waals surface area contributed by atoms with Crippen LogP contribution in [0.25, 0.3) is 0 Å². The lowest BCUT2D eigenvalue weighted by Gasteiger charge is -2.10. The normalized spacial score (nSPS) is 11.5. The zero-order chi connectivity index (χ0) is 13.2. The zero-order valence-electron chi connectivity index (χ0n) is 8.75. The molecule has 0 saturated heterocycles. The molecule has 0 saturated carbocycles. The van der Waals surface area contributed by atoms with Gasteiger partial charge in [-0.2, -0.15) is 5.26 Å². The molecular formula is C10H8ClF2NO2S. The molecule has 0 aliphatic heterocycles. The molecule has 0 N–H and O–H groups in total. The first kappa shape index (κ1) is 13.9. The van der Waals surface area contributed by atoms with Crippen molar-refractivity contribution in [1.29, 1.82) is 5.26 Å². The molecule has 1 rings (SSSR count). The smallest absolute Gasteiger partial charge is 0.207 e. The third kappa shape index (κ3) is 2.73. The maximum atomic E-state index is 12.6. The van der Waals surface area contributed by atoms with Gasteiger partial charge in [-0.3, -0.25) is 0 Å². The summed E-state index contributed by atoms with van der Waals surface area (Å²) < 4.78 is 47.9. The van der Waals surface area contributed by atoms with E-state index in [1.54, 1.807) is 6.92 Å². The molecule has 17 heavy (non-hydrogen) atoms. The van der Waals surface area contributed by atoms with Crippen LogP contribution < -0.4 is 0 Å². The van der Waals surface area contributed by atoms with Crippen LogP contribution in [-0.2, 0) is 15.5 Å². The van der Waals surface area contributed by atoms with E-state index in [-0.39, 0.29) is 12.0 Å². The second-order valence-corrected chi connectivity index (χ2v) is 5.72. The molecule has 0 fully saturated rings. The lowest BCUT2D eigenvalue weighted by Crippen LogP contribution is -2.05. The van der Waals surface area contributed by atoms with E-state index in [2.05, 4.69) is 0 Å². The Bertz CT molecular complexity index is 579. The summed E-state index contributed by atoms with van der Waals surface area (Å²) in [4.78, 5) is -0.512. The van der Waals surface area contributed by atoms with Gasteiger partial charge in [-0.05, 0) is 12.0 Å². The number of hydrogen-bond donors (Lipinski definition) is 0. The van der Waals surface area contributed by atoms with Gasteiger partial charge in [0.2, 0.25) is 0 Å². The highest BCUT2D eigenvalue weighted by atomic mass is 35.7. The van der Waals surface area contributed by atoms with Gasteiger partial charge in [0.25, 0.3) is 15.5 Å². The van der Waals surface area contributed by atoms with Gasteiger partial charge in [0, 0.05) is 16.2 Å². The quantitative estimate of drug-likeness (QED) is 0.799. The Labute approximate surface area is 102 Å². The van der Waals surface area contributed by atoms with Crippen molar-refractivity contribution in [3.63, 3.8) is 0 Å². The molecule has 7 heteroatoms. The standard InChI is InChI=1S/C10H8ClF2NO2S/c1-2-6-3-4-7(10(12)13)8(5-14)9(6)17(11,15)16/h3-4,10H,2H2,1H3. The minimum absolute atomic E-state index is 0.251. The predicted molar refractivity (Wildman–Crippen MR) is 58.5 cm³/mol. The van der Waals surface area contributed by atoms with E-state index < -0.39 is 31.5 Å². The topological polar surface area (TPSA) is 57.9 Å². The van der Waals surface area contributed by atoms with Crippen molar-refractivity contribution in [3.8, 4) is 6.07 Å². The largest absolute Gasteiger partial charge is 0.265 e. The van der Waals surface area contributed by atoms with Gasteiger partial charge in [0.05, 0.1) is 5.56 Å². The van der Waals surface area contributed by atoms with Gasteiger partial charge in [0.15, 0.2) is 0 Å². The first-order valence-electron chi connectivity index (χ1n) is 4.61. The molecular weight excluding hydrogens is 272 g/mol. The first-order valence-corrected chi connectivity index (χ1v) is 6.92. The maximum absolute atomic E-state index is 12.6. The van der Waals surface area contributed by atoms with Crippen molar-refractivity contribution in [3.05, 3.63) is 28.8 Å². The van der Waals surface area contributed by atoms with Crippen LogP contribution in [0.5, 0.6) is 0 Å². The SMILES string of the molecule is CCc1ccc(C(F)F)c(C#N)c1S(=O)(=O)Cl. The van der Waals surface area contributed by atoms with Crippen molar-refractivity contribution in [2.75, 3.05) is 0 Å². The summed E-state index contributed by atoms with van der Waals surface area (Å²) >= 11 is 0. The van der Waals surface area contributed by atoms with Crippen molar-refractivity contribution >= 4 is 19.7 Å². The van der Waals surface area contributed by atoms with Crippen molar-refractivity contribution in [2.45, 2.75) is 24.7 Å². The van der Waals surface area contributed by atoms with Gasteiger partial charge in [-0.1, -0.05) is 19.1 Å². The van der Waals surface area contributed by atoms with E-state index in [0.717, 1.165) is 6.07 Å². The summed E-state index contributed by atoms with van der Waals surface area (Å²) in [7, 11) is 0.951. The summed E-state index contributed by atoms with van der Waals surface area (Å²) in [5.74, 6) is 0. The second kappa shape index (κ2) is 4.98. The summed E-state index contributed by atoms with van der Waals surface area (Å²) in [5, 5.41) is 8.83. The number of nitrogens with zero attached hydrogens (tertiary/aromatic N) is 1. The van der Waals surface area contributed by atoms with Gasteiger partial charge in [-0.25, -0.2) is 17.2 Å². The predicted octanol–water partition coefficient (Wildman–Crippen LogP) is 2.99. The number of nitriles is 1. The molecule has 0 aliphatic rings. The minimum atomic E-state index is -4.23. The highest BCUT2D eigenvalue weighted by molar-refractivity contribution is 8.13. The van der Waals surface area contributed by atoms with Gasteiger partial charge < -0.3 is 0 Å². The van der Waals surface area contributed by atoms with Crippen LogP contribution >= 0.6 is 10.7 Å². The monoisotopic (exact) mass is 279 g/mol. The maximum Gasteiger partial charge on any atom is 0.265 e. The van der Waals surface area contributed by atoms with E-state index in [1.165, 1.54) is 12.1 Å². The number of halogens is 3. The van der Waals surface area contributed by atoms with Crippen LogP contribution in [0.3, 0.4) is 0 Å². The Morgan fingerprint density at radius 2 is 2.06 bits per heavy atom. The summed E-state index contributed by atoms with van der Waals surface area (Å²) in [6.45, 7) is 1.64. The third-order valence-corrected chi connectivity index (χ3v) is 3.66. The molecule has 0 spiro atoms. The zero-order valence-corrected chi connectivity index (χ0v) is 10.3. The van der Waals surface area contributed by atoms with Gasteiger partial charge >= 0.3 is 0 Å².